The van der Waals surface area contributed by atoms with Gasteiger partial charge in [0.25, 0.3) is 0 Å². The Balaban J connectivity index is 1.48. The molecular formula is C24H28ClN3O2. The van der Waals surface area contributed by atoms with E-state index in [1.54, 1.807) is 0 Å². The van der Waals surface area contributed by atoms with E-state index < -0.39 is 0 Å². The van der Waals surface area contributed by atoms with Crippen LogP contribution in [0.15, 0.2) is 48.5 Å². The molecule has 158 valence electrons. The molecule has 4 rings (SSSR count). The zero-order valence-corrected chi connectivity index (χ0v) is 18.1. The molecule has 3 aromatic rings. The number of unbranched alkanes of at least 4 members (excludes halogenated alkanes) is 1. The Kier molecular flexibility index (Phi) is 6.58. The molecule has 0 unspecified atom stereocenters. The first kappa shape index (κ1) is 20.7. The second-order valence-electron chi connectivity index (χ2n) is 7.84. The minimum Gasteiger partial charge on any atom is -0.492 e. The number of ether oxygens (including phenoxy) is 1. The molecule has 0 N–H and O–H groups in total. The Morgan fingerprint density at radius 2 is 1.90 bits per heavy atom. The van der Waals surface area contributed by atoms with Gasteiger partial charge in [0.15, 0.2) is 0 Å². The molecule has 0 bridgehead atoms. The molecule has 1 amide bonds. The molecule has 0 radical (unpaired) electrons. The van der Waals surface area contributed by atoms with Crippen molar-refractivity contribution in [1.82, 2.24) is 14.5 Å². The fourth-order valence-corrected chi connectivity index (χ4v) is 4.31. The van der Waals surface area contributed by atoms with E-state index in [9.17, 15) is 4.79 Å². The highest BCUT2D eigenvalue weighted by Gasteiger charge is 2.33. The Morgan fingerprint density at radius 1 is 1.10 bits per heavy atom. The van der Waals surface area contributed by atoms with Crippen LogP contribution < -0.4 is 4.74 Å². The molecule has 5 nitrogen and oxygen atoms in total. The van der Waals surface area contributed by atoms with E-state index >= 15 is 0 Å². The maximum atomic E-state index is 12.5. The zero-order chi connectivity index (χ0) is 20.9. The monoisotopic (exact) mass is 425 g/mol. The number of hydrogen-bond donors (Lipinski definition) is 0. The summed E-state index contributed by atoms with van der Waals surface area (Å²) in [5.74, 6) is 2.12. The number of aryl methyl sites for hydroxylation is 1. The third-order valence-electron chi connectivity index (χ3n) is 5.67. The van der Waals surface area contributed by atoms with Gasteiger partial charge in [0.1, 0.15) is 11.6 Å². The molecule has 1 atom stereocenters. The molecule has 0 spiro atoms. The highest BCUT2D eigenvalue weighted by atomic mass is 35.5. The highest BCUT2D eigenvalue weighted by molar-refractivity contribution is 6.32. The van der Waals surface area contributed by atoms with Gasteiger partial charge in [-0.05, 0) is 37.1 Å². The maximum absolute atomic E-state index is 12.5. The summed E-state index contributed by atoms with van der Waals surface area (Å²) in [5.41, 5.74) is 2.10. The van der Waals surface area contributed by atoms with Crippen molar-refractivity contribution < 1.29 is 9.53 Å². The van der Waals surface area contributed by atoms with Crippen molar-refractivity contribution in [2.24, 2.45) is 0 Å². The second kappa shape index (κ2) is 9.52. The van der Waals surface area contributed by atoms with Gasteiger partial charge in [-0.3, -0.25) is 4.79 Å². The number of imidazole rings is 1. The standard InChI is InChI=1S/C24H28ClN3O2/c1-2-3-13-27-17-18(16-23(27)29)24-26-20-10-5-6-11-21(20)28(24)14-8-15-30-22-12-7-4-9-19(22)25/h4-7,9-12,18H,2-3,8,13-17H2,1H3/t18-/m0/s1. The van der Waals surface area contributed by atoms with Crippen molar-refractivity contribution in [3.05, 3.63) is 59.4 Å². The van der Waals surface area contributed by atoms with E-state index in [0.29, 0.717) is 23.8 Å². The van der Waals surface area contributed by atoms with Gasteiger partial charge in [-0.2, -0.15) is 0 Å². The van der Waals surface area contributed by atoms with Crippen LogP contribution in [-0.4, -0.2) is 40.1 Å². The third-order valence-corrected chi connectivity index (χ3v) is 5.98. The number of amides is 1. The summed E-state index contributed by atoms with van der Waals surface area (Å²) in [4.78, 5) is 19.4. The number of halogens is 1. The molecule has 30 heavy (non-hydrogen) atoms. The number of hydrogen-bond acceptors (Lipinski definition) is 3. The van der Waals surface area contributed by atoms with E-state index in [1.807, 2.05) is 47.4 Å². The van der Waals surface area contributed by atoms with Crippen LogP contribution in [0, 0.1) is 0 Å². The molecule has 0 saturated carbocycles. The fourth-order valence-electron chi connectivity index (χ4n) is 4.12. The number of carbonyl (C=O) groups excluding carboxylic acids is 1. The SMILES string of the molecule is CCCCN1C[C@@H](c2nc3ccccc3n2CCCOc2ccccc2Cl)CC1=O. The zero-order valence-electron chi connectivity index (χ0n) is 17.4. The predicted molar refractivity (Wildman–Crippen MR) is 120 cm³/mol. The predicted octanol–water partition coefficient (Wildman–Crippen LogP) is 5.27. The number of nitrogens with zero attached hydrogens (tertiary/aromatic N) is 3. The topological polar surface area (TPSA) is 47.4 Å². The number of likely N-dealkylation sites (tertiary alicyclic amines) is 1. The van der Waals surface area contributed by atoms with Gasteiger partial charge in [-0.15, -0.1) is 0 Å². The van der Waals surface area contributed by atoms with Crippen molar-refractivity contribution >= 4 is 28.5 Å². The molecule has 0 aliphatic carbocycles. The van der Waals surface area contributed by atoms with Gasteiger partial charge in [0, 0.05) is 32.0 Å². The van der Waals surface area contributed by atoms with Gasteiger partial charge in [-0.25, -0.2) is 4.98 Å². The summed E-state index contributed by atoms with van der Waals surface area (Å²) >= 11 is 6.18. The van der Waals surface area contributed by atoms with Gasteiger partial charge >= 0.3 is 0 Å². The van der Waals surface area contributed by atoms with Crippen LogP contribution in [0.3, 0.4) is 0 Å². The lowest BCUT2D eigenvalue weighted by molar-refractivity contribution is -0.127. The number of carbonyl (C=O) groups is 1. The number of benzene rings is 2. The van der Waals surface area contributed by atoms with Crippen LogP contribution in [0.4, 0.5) is 0 Å². The molecule has 1 aromatic heterocycles. The summed E-state index contributed by atoms with van der Waals surface area (Å²) in [5, 5.41) is 0.628. The van der Waals surface area contributed by atoms with Crippen LogP contribution in [-0.2, 0) is 11.3 Å². The maximum Gasteiger partial charge on any atom is 0.223 e. The summed E-state index contributed by atoms with van der Waals surface area (Å²) in [6, 6.07) is 15.7. The van der Waals surface area contributed by atoms with E-state index in [-0.39, 0.29) is 11.8 Å². The average molecular weight is 426 g/mol. The molecule has 1 aliphatic rings. The number of aromatic nitrogens is 2. The number of para-hydroxylation sites is 3. The molecule has 1 saturated heterocycles. The Morgan fingerprint density at radius 3 is 2.73 bits per heavy atom. The van der Waals surface area contributed by atoms with E-state index in [4.69, 9.17) is 21.3 Å². The van der Waals surface area contributed by atoms with Gasteiger partial charge in [0.05, 0.1) is 22.7 Å². The lowest BCUT2D eigenvalue weighted by Gasteiger charge is -2.17. The summed E-state index contributed by atoms with van der Waals surface area (Å²) in [6.07, 6.45) is 3.52. The molecule has 6 heteroatoms. The first-order chi connectivity index (χ1) is 14.7. The van der Waals surface area contributed by atoms with E-state index in [0.717, 1.165) is 55.8 Å². The molecule has 2 heterocycles. The highest BCUT2D eigenvalue weighted by Crippen LogP contribution is 2.31. The van der Waals surface area contributed by atoms with Crippen molar-refractivity contribution in [2.75, 3.05) is 19.7 Å². The van der Waals surface area contributed by atoms with E-state index in [2.05, 4.69) is 17.6 Å². The smallest absolute Gasteiger partial charge is 0.223 e. The second-order valence-corrected chi connectivity index (χ2v) is 8.24. The third kappa shape index (κ3) is 4.46. The Bertz CT molecular complexity index is 1020. The summed E-state index contributed by atoms with van der Waals surface area (Å²) < 4.78 is 8.13. The minimum atomic E-state index is 0.145. The first-order valence-electron chi connectivity index (χ1n) is 10.8. The van der Waals surface area contributed by atoms with Crippen LogP contribution in [0.5, 0.6) is 5.75 Å². The van der Waals surface area contributed by atoms with Crippen LogP contribution in [0.25, 0.3) is 11.0 Å². The number of fused-ring (bicyclic) bond motifs is 1. The van der Waals surface area contributed by atoms with Crippen molar-refractivity contribution in [1.29, 1.82) is 0 Å². The normalized spacial score (nSPS) is 16.5. The molecule has 1 aliphatic heterocycles. The van der Waals surface area contributed by atoms with Crippen LogP contribution in [0.1, 0.15) is 44.3 Å². The molecular weight excluding hydrogens is 398 g/mol. The summed E-state index contributed by atoms with van der Waals surface area (Å²) in [7, 11) is 0. The summed E-state index contributed by atoms with van der Waals surface area (Å²) in [6.45, 7) is 5.13. The van der Waals surface area contributed by atoms with Gasteiger partial charge < -0.3 is 14.2 Å². The van der Waals surface area contributed by atoms with Crippen LogP contribution >= 0.6 is 11.6 Å². The Labute approximate surface area is 182 Å². The van der Waals surface area contributed by atoms with Crippen molar-refractivity contribution in [2.45, 2.75) is 45.1 Å². The van der Waals surface area contributed by atoms with Crippen molar-refractivity contribution in [3.8, 4) is 5.75 Å². The van der Waals surface area contributed by atoms with Gasteiger partial charge in [0.2, 0.25) is 5.91 Å². The number of rotatable bonds is 9. The first-order valence-corrected chi connectivity index (χ1v) is 11.2. The fraction of sp³-hybridized carbons (Fsp3) is 0.417. The minimum absolute atomic E-state index is 0.145. The molecule has 2 aromatic carbocycles. The Hall–Kier alpha value is -2.53. The van der Waals surface area contributed by atoms with Crippen molar-refractivity contribution in [3.63, 3.8) is 0 Å². The molecule has 1 fully saturated rings. The van der Waals surface area contributed by atoms with Gasteiger partial charge in [-0.1, -0.05) is 49.2 Å². The lowest BCUT2D eigenvalue weighted by atomic mass is 10.1. The van der Waals surface area contributed by atoms with E-state index in [1.165, 1.54) is 0 Å². The average Bonchev–Trinajstić information content (AvgIpc) is 3.31. The largest absolute Gasteiger partial charge is 0.492 e. The van der Waals surface area contributed by atoms with Crippen LogP contribution in [0.2, 0.25) is 5.02 Å². The lowest BCUT2D eigenvalue weighted by Crippen LogP contribution is -2.26. The quantitative estimate of drug-likeness (QED) is 0.438.